The van der Waals surface area contributed by atoms with Gasteiger partial charge < -0.3 is 9.84 Å². The summed E-state index contributed by atoms with van der Waals surface area (Å²) in [6.45, 7) is 0. The molecule has 5 nitrogen and oxygen atoms in total. The third-order valence-corrected chi connectivity index (χ3v) is 4.08. The smallest absolute Gasteiger partial charge is 0.274 e. The van der Waals surface area contributed by atoms with Crippen LogP contribution in [0.15, 0.2) is 95.5 Å². The summed E-state index contributed by atoms with van der Waals surface area (Å²) in [6.07, 6.45) is 1.81. The zero-order chi connectivity index (χ0) is 19.2. The molecule has 1 N–H and O–H groups in total. The summed E-state index contributed by atoms with van der Waals surface area (Å²) in [5, 5.41) is 6.94. The molecule has 0 unspecified atom stereocenters. The predicted octanol–water partition coefficient (Wildman–Crippen LogP) is 4.66. The van der Waals surface area contributed by atoms with Gasteiger partial charge in [0.2, 0.25) is 5.82 Å². The lowest BCUT2D eigenvalue weighted by atomic mass is 10.1. The number of hydrogen-bond acceptors (Lipinski definition) is 4. The summed E-state index contributed by atoms with van der Waals surface area (Å²) >= 11 is 0. The van der Waals surface area contributed by atoms with Crippen LogP contribution in [0.1, 0.15) is 21.8 Å². The van der Waals surface area contributed by atoms with Crippen LogP contribution in [0, 0.1) is 0 Å². The number of carbonyl (C=O) groups is 1. The van der Waals surface area contributed by atoms with Crippen LogP contribution in [0.2, 0.25) is 0 Å². The van der Waals surface area contributed by atoms with Gasteiger partial charge in [-0.3, -0.25) is 4.79 Å². The Labute approximate surface area is 162 Å². The Morgan fingerprint density at radius 3 is 2.11 bits per heavy atom. The van der Waals surface area contributed by atoms with Crippen molar-refractivity contribution in [1.29, 1.82) is 0 Å². The van der Waals surface area contributed by atoms with Gasteiger partial charge in [0.15, 0.2) is 0 Å². The van der Waals surface area contributed by atoms with E-state index in [4.69, 9.17) is 4.52 Å². The number of carbonyl (C=O) groups excluding carboxylic acids is 1. The minimum atomic E-state index is -0.248. The molecule has 3 aromatic carbocycles. The van der Waals surface area contributed by atoms with Crippen LogP contribution < -0.4 is 5.32 Å². The molecule has 1 heterocycles. The third-order valence-electron chi connectivity index (χ3n) is 4.08. The van der Waals surface area contributed by atoms with E-state index in [1.165, 1.54) is 0 Å². The van der Waals surface area contributed by atoms with Crippen LogP contribution in [-0.4, -0.2) is 16.0 Å². The lowest BCUT2D eigenvalue weighted by Crippen LogP contribution is -2.22. The van der Waals surface area contributed by atoms with Crippen LogP contribution >= 0.6 is 0 Å². The van der Waals surface area contributed by atoms with Crippen molar-refractivity contribution in [2.45, 2.75) is 0 Å². The topological polar surface area (TPSA) is 68.0 Å². The molecule has 0 bridgehead atoms. The molecule has 0 radical (unpaired) electrons. The van der Waals surface area contributed by atoms with E-state index >= 15 is 0 Å². The van der Waals surface area contributed by atoms with Crippen LogP contribution in [0.4, 0.5) is 0 Å². The zero-order valence-corrected chi connectivity index (χ0v) is 14.9. The highest BCUT2D eigenvalue weighted by Crippen LogP contribution is 2.20. The molecule has 0 saturated heterocycles. The Balaban J connectivity index is 1.69. The first-order valence-electron chi connectivity index (χ1n) is 8.82. The molecule has 1 aromatic heterocycles. The fraction of sp³-hybridized carbons (Fsp3) is 0. The van der Waals surface area contributed by atoms with E-state index in [9.17, 15) is 4.79 Å². The van der Waals surface area contributed by atoms with E-state index in [-0.39, 0.29) is 11.8 Å². The van der Waals surface area contributed by atoms with Crippen molar-refractivity contribution >= 4 is 17.7 Å². The van der Waals surface area contributed by atoms with Gasteiger partial charge in [-0.15, -0.1) is 0 Å². The maximum Gasteiger partial charge on any atom is 0.274 e. The minimum absolute atomic E-state index is 0.243. The van der Waals surface area contributed by atoms with Gasteiger partial charge in [-0.25, -0.2) is 0 Å². The van der Waals surface area contributed by atoms with Gasteiger partial charge in [0.1, 0.15) is 5.70 Å². The summed E-state index contributed by atoms with van der Waals surface area (Å²) in [5.74, 6) is 0.456. The van der Waals surface area contributed by atoms with E-state index in [0.29, 0.717) is 17.1 Å². The molecular formula is C23H17N3O2. The number of benzene rings is 3. The highest BCUT2D eigenvalue weighted by atomic mass is 16.5. The Bertz CT molecular complexity index is 1090. The van der Waals surface area contributed by atoms with E-state index in [1.807, 2.05) is 84.9 Å². The molecule has 0 aliphatic rings. The summed E-state index contributed by atoms with van der Waals surface area (Å²) in [7, 11) is 0. The van der Waals surface area contributed by atoms with Crippen LogP contribution in [-0.2, 0) is 0 Å². The van der Waals surface area contributed by atoms with Crippen LogP contribution in [0.25, 0.3) is 23.2 Å². The Morgan fingerprint density at radius 2 is 1.43 bits per heavy atom. The highest BCUT2D eigenvalue weighted by molar-refractivity contribution is 6.01. The molecule has 0 aliphatic heterocycles. The molecule has 1 amide bonds. The standard InChI is InChI=1S/C23H17N3O2/c27-22(19-14-8-3-9-15-19)24-20(16-17-10-4-1-5-11-17)23-25-21(26-28-23)18-12-6-2-7-13-18/h1-16H,(H,24,27)/b20-16-. The molecule has 0 fully saturated rings. The Kier molecular flexibility index (Phi) is 5.06. The number of aromatic nitrogens is 2. The number of nitrogens with one attached hydrogen (secondary N) is 1. The number of nitrogens with zero attached hydrogens (tertiary/aromatic N) is 2. The molecule has 0 saturated carbocycles. The summed E-state index contributed by atoms with van der Waals surface area (Å²) in [4.78, 5) is 17.1. The Morgan fingerprint density at radius 1 is 0.821 bits per heavy atom. The summed E-state index contributed by atoms with van der Waals surface area (Å²) in [6, 6.07) is 28.2. The first kappa shape index (κ1) is 17.4. The number of amides is 1. The van der Waals surface area contributed by atoms with E-state index in [1.54, 1.807) is 12.1 Å². The van der Waals surface area contributed by atoms with E-state index < -0.39 is 0 Å². The van der Waals surface area contributed by atoms with Crippen molar-refractivity contribution in [3.63, 3.8) is 0 Å². The van der Waals surface area contributed by atoms with Gasteiger partial charge in [0.25, 0.3) is 11.8 Å². The zero-order valence-electron chi connectivity index (χ0n) is 14.9. The van der Waals surface area contributed by atoms with Crippen molar-refractivity contribution in [3.8, 4) is 11.4 Å². The first-order chi connectivity index (χ1) is 13.8. The molecule has 28 heavy (non-hydrogen) atoms. The lowest BCUT2D eigenvalue weighted by Gasteiger charge is -2.06. The van der Waals surface area contributed by atoms with Crippen molar-refractivity contribution in [3.05, 3.63) is 108 Å². The second kappa shape index (κ2) is 8.14. The monoisotopic (exact) mass is 367 g/mol. The van der Waals surface area contributed by atoms with Gasteiger partial charge in [0.05, 0.1) is 0 Å². The second-order valence-corrected chi connectivity index (χ2v) is 6.08. The molecule has 0 spiro atoms. The highest BCUT2D eigenvalue weighted by Gasteiger charge is 2.16. The predicted molar refractivity (Wildman–Crippen MR) is 108 cm³/mol. The molecule has 136 valence electrons. The molecule has 0 atom stereocenters. The van der Waals surface area contributed by atoms with Crippen molar-refractivity contribution in [1.82, 2.24) is 15.5 Å². The Hall–Kier alpha value is -3.99. The molecule has 4 aromatic rings. The second-order valence-electron chi connectivity index (χ2n) is 6.08. The fourth-order valence-electron chi connectivity index (χ4n) is 2.69. The summed E-state index contributed by atoms with van der Waals surface area (Å²) in [5.41, 5.74) is 2.73. The van der Waals surface area contributed by atoms with Crippen molar-refractivity contribution in [2.75, 3.05) is 0 Å². The third kappa shape index (κ3) is 4.04. The first-order valence-corrected chi connectivity index (χ1v) is 8.82. The molecular weight excluding hydrogens is 350 g/mol. The van der Waals surface area contributed by atoms with Crippen LogP contribution in [0.5, 0.6) is 0 Å². The van der Waals surface area contributed by atoms with Crippen molar-refractivity contribution < 1.29 is 9.32 Å². The van der Waals surface area contributed by atoms with Gasteiger partial charge >= 0.3 is 0 Å². The lowest BCUT2D eigenvalue weighted by molar-refractivity contribution is 0.0973. The van der Waals surface area contributed by atoms with Crippen LogP contribution in [0.3, 0.4) is 0 Å². The minimum Gasteiger partial charge on any atom is -0.332 e. The summed E-state index contributed by atoms with van der Waals surface area (Å²) < 4.78 is 5.45. The normalized spacial score (nSPS) is 11.2. The number of hydrogen-bond donors (Lipinski definition) is 1. The van der Waals surface area contributed by atoms with Gasteiger partial charge in [-0.2, -0.15) is 4.98 Å². The largest absolute Gasteiger partial charge is 0.332 e. The van der Waals surface area contributed by atoms with Gasteiger partial charge in [0, 0.05) is 11.1 Å². The fourth-order valence-corrected chi connectivity index (χ4v) is 2.69. The van der Waals surface area contributed by atoms with Crippen molar-refractivity contribution in [2.24, 2.45) is 0 Å². The molecule has 4 rings (SSSR count). The average molecular weight is 367 g/mol. The number of rotatable bonds is 5. The van der Waals surface area contributed by atoms with Gasteiger partial charge in [-0.05, 0) is 23.8 Å². The molecule has 0 aliphatic carbocycles. The maximum atomic E-state index is 12.7. The van der Waals surface area contributed by atoms with Gasteiger partial charge in [-0.1, -0.05) is 84.0 Å². The quantitative estimate of drug-likeness (QED) is 0.557. The molecule has 5 heteroatoms. The average Bonchev–Trinajstić information content (AvgIpc) is 3.25. The van der Waals surface area contributed by atoms with E-state index in [2.05, 4.69) is 15.5 Å². The maximum absolute atomic E-state index is 12.7. The van der Waals surface area contributed by atoms with E-state index in [0.717, 1.165) is 11.1 Å². The SMILES string of the molecule is O=C(N/C(=C\c1ccccc1)c1nc(-c2ccccc2)no1)c1ccccc1.